The van der Waals surface area contributed by atoms with Gasteiger partial charge in [-0.15, -0.1) is 0 Å². The molecule has 0 aliphatic rings. The van der Waals surface area contributed by atoms with E-state index in [0.717, 1.165) is 0 Å². The van der Waals surface area contributed by atoms with E-state index in [4.69, 9.17) is 9.47 Å². The van der Waals surface area contributed by atoms with E-state index in [2.05, 4.69) is 15.9 Å². The summed E-state index contributed by atoms with van der Waals surface area (Å²) < 4.78 is 9.91. The van der Waals surface area contributed by atoms with E-state index in [-0.39, 0.29) is 22.6 Å². The van der Waals surface area contributed by atoms with Crippen LogP contribution in [-0.2, 0) is 0 Å². The smallest absolute Gasteiger partial charge is 0.200 e. The number of hydrogen-bond donors (Lipinski definition) is 3. The van der Waals surface area contributed by atoms with Gasteiger partial charge in [0.1, 0.15) is 6.10 Å². The molecule has 0 fully saturated rings. The van der Waals surface area contributed by atoms with Crippen LogP contribution in [0.1, 0.15) is 11.7 Å². The Labute approximate surface area is 108 Å². The molecule has 5 nitrogen and oxygen atoms in total. The summed E-state index contributed by atoms with van der Waals surface area (Å²) in [5.41, 5.74) is 0.406. The van der Waals surface area contributed by atoms with Gasteiger partial charge in [0, 0.05) is 5.33 Å². The summed E-state index contributed by atoms with van der Waals surface area (Å²) in [5.74, 6) is 0.222. The first-order valence-corrected chi connectivity index (χ1v) is 6.04. The first-order chi connectivity index (χ1) is 8.04. The lowest BCUT2D eigenvalue weighted by molar-refractivity contribution is 0.0340. The zero-order chi connectivity index (χ0) is 13.0. The molecule has 96 valence electrons. The van der Waals surface area contributed by atoms with Gasteiger partial charge in [-0.1, -0.05) is 15.9 Å². The van der Waals surface area contributed by atoms with Crippen LogP contribution in [0, 0.1) is 0 Å². The minimum absolute atomic E-state index is 0.140. The molecule has 0 aromatic heterocycles. The molecule has 0 saturated heterocycles. The van der Waals surface area contributed by atoms with Gasteiger partial charge in [-0.05, 0) is 17.7 Å². The highest BCUT2D eigenvalue weighted by Gasteiger charge is 2.21. The number of aliphatic hydroxyl groups is 2. The van der Waals surface area contributed by atoms with E-state index in [1.807, 2.05) is 0 Å². The first-order valence-electron chi connectivity index (χ1n) is 4.92. The molecule has 1 aromatic rings. The van der Waals surface area contributed by atoms with Crippen molar-refractivity contribution in [3.05, 3.63) is 17.7 Å². The molecule has 0 aliphatic carbocycles. The summed E-state index contributed by atoms with van der Waals surface area (Å²) in [5, 5.41) is 29.3. The highest BCUT2D eigenvalue weighted by molar-refractivity contribution is 9.09. The predicted molar refractivity (Wildman–Crippen MR) is 66.0 cm³/mol. The normalized spacial score (nSPS) is 14.2. The quantitative estimate of drug-likeness (QED) is 0.712. The molecule has 0 bridgehead atoms. The molecule has 6 heteroatoms. The van der Waals surface area contributed by atoms with Gasteiger partial charge in [0.2, 0.25) is 5.75 Å². The summed E-state index contributed by atoms with van der Waals surface area (Å²) in [7, 11) is 2.79. The van der Waals surface area contributed by atoms with Crippen molar-refractivity contribution in [3.8, 4) is 17.2 Å². The van der Waals surface area contributed by atoms with Crippen molar-refractivity contribution in [1.29, 1.82) is 0 Å². The molecule has 17 heavy (non-hydrogen) atoms. The van der Waals surface area contributed by atoms with Crippen molar-refractivity contribution in [2.24, 2.45) is 0 Å². The van der Waals surface area contributed by atoms with Crippen LogP contribution in [0.25, 0.3) is 0 Å². The van der Waals surface area contributed by atoms with Gasteiger partial charge in [0.05, 0.1) is 20.3 Å². The molecular weight excluding hydrogens is 292 g/mol. The number of aromatic hydroxyl groups is 1. The third-order valence-electron chi connectivity index (χ3n) is 2.37. The Kier molecular flexibility index (Phi) is 5.04. The number of aliphatic hydroxyl groups excluding tert-OH is 2. The van der Waals surface area contributed by atoms with Gasteiger partial charge in [0.25, 0.3) is 0 Å². The minimum atomic E-state index is -1.09. The lowest BCUT2D eigenvalue weighted by Crippen LogP contribution is -2.19. The topological polar surface area (TPSA) is 79.2 Å². The molecule has 1 rings (SSSR count). The highest BCUT2D eigenvalue weighted by Crippen LogP contribution is 2.39. The Morgan fingerprint density at radius 1 is 1.18 bits per heavy atom. The van der Waals surface area contributed by atoms with Gasteiger partial charge in [-0.3, -0.25) is 0 Å². The van der Waals surface area contributed by atoms with Crippen LogP contribution in [0.5, 0.6) is 17.2 Å². The predicted octanol–water partition coefficient (Wildman–Crippen LogP) is 1.20. The molecule has 2 unspecified atom stereocenters. The van der Waals surface area contributed by atoms with Crippen LogP contribution in [0.15, 0.2) is 12.1 Å². The molecule has 0 aliphatic heterocycles. The van der Waals surface area contributed by atoms with Gasteiger partial charge in [0.15, 0.2) is 11.5 Å². The Morgan fingerprint density at radius 3 is 2.00 bits per heavy atom. The molecule has 2 atom stereocenters. The standard InChI is InChI=1S/C11H15BrO5/c1-16-8-3-6(10(14)7(13)5-12)4-9(17-2)11(8)15/h3-4,7,10,13-15H,5H2,1-2H3. The van der Waals surface area contributed by atoms with E-state index in [9.17, 15) is 15.3 Å². The highest BCUT2D eigenvalue weighted by atomic mass is 79.9. The van der Waals surface area contributed by atoms with Crippen LogP contribution < -0.4 is 9.47 Å². The number of methoxy groups -OCH3 is 2. The van der Waals surface area contributed by atoms with Crippen LogP contribution >= 0.6 is 15.9 Å². The number of halogens is 1. The van der Waals surface area contributed by atoms with Crippen LogP contribution in [0.4, 0.5) is 0 Å². The SMILES string of the molecule is COc1cc(C(O)C(O)CBr)cc(OC)c1O. The number of benzene rings is 1. The van der Waals surface area contributed by atoms with Crippen LogP contribution in [-0.4, -0.2) is 41.0 Å². The number of rotatable bonds is 5. The lowest BCUT2D eigenvalue weighted by Gasteiger charge is -2.18. The summed E-state index contributed by atoms with van der Waals surface area (Å²) in [6.07, 6.45) is -2.04. The maximum atomic E-state index is 9.85. The fraction of sp³-hybridized carbons (Fsp3) is 0.455. The van der Waals surface area contributed by atoms with Crippen LogP contribution in [0.2, 0.25) is 0 Å². The Bertz CT molecular complexity index is 357. The maximum Gasteiger partial charge on any atom is 0.200 e. The average Bonchev–Trinajstić information content (AvgIpc) is 2.37. The molecule has 3 N–H and O–H groups in total. The second-order valence-corrected chi connectivity index (χ2v) is 4.09. The first kappa shape index (κ1) is 14.1. The number of hydrogen-bond acceptors (Lipinski definition) is 5. The molecule has 0 saturated carbocycles. The summed E-state index contributed by atoms with van der Waals surface area (Å²) >= 11 is 3.08. The zero-order valence-electron chi connectivity index (χ0n) is 9.55. The Morgan fingerprint density at radius 2 is 1.65 bits per heavy atom. The van der Waals surface area contributed by atoms with E-state index < -0.39 is 12.2 Å². The fourth-order valence-electron chi connectivity index (χ4n) is 1.39. The molecule has 1 aromatic carbocycles. The summed E-state index contributed by atoms with van der Waals surface area (Å²) in [6, 6.07) is 2.91. The van der Waals surface area contributed by atoms with E-state index >= 15 is 0 Å². The fourth-order valence-corrected chi connectivity index (χ4v) is 1.75. The zero-order valence-corrected chi connectivity index (χ0v) is 11.1. The van der Waals surface area contributed by atoms with Gasteiger partial charge >= 0.3 is 0 Å². The number of phenolic OH excluding ortho intramolecular Hbond substituents is 1. The van der Waals surface area contributed by atoms with Crippen molar-refractivity contribution in [1.82, 2.24) is 0 Å². The number of phenols is 1. The molecule has 0 spiro atoms. The van der Waals surface area contributed by atoms with Gasteiger partial charge in [-0.25, -0.2) is 0 Å². The summed E-state index contributed by atoms with van der Waals surface area (Å²) in [4.78, 5) is 0. The van der Waals surface area contributed by atoms with E-state index in [0.29, 0.717) is 5.56 Å². The Hall–Kier alpha value is -0.980. The van der Waals surface area contributed by atoms with E-state index in [1.54, 1.807) is 0 Å². The van der Waals surface area contributed by atoms with E-state index in [1.165, 1.54) is 26.4 Å². The monoisotopic (exact) mass is 306 g/mol. The molecule has 0 radical (unpaired) electrons. The minimum Gasteiger partial charge on any atom is -0.502 e. The van der Waals surface area contributed by atoms with Crippen LogP contribution in [0.3, 0.4) is 0 Å². The second-order valence-electron chi connectivity index (χ2n) is 3.44. The molecular formula is C11H15BrO5. The van der Waals surface area contributed by atoms with Crippen molar-refractivity contribution in [3.63, 3.8) is 0 Å². The Balaban J connectivity index is 3.17. The maximum absolute atomic E-state index is 9.85. The van der Waals surface area contributed by atoms with Crippen molar-refractivity contribution in [2.45, 2.75) is 12.2 Å². The second kappa shape index (κ2) is 6.09. The number of ether oxygens (including phenoxy) is 2. The molecule has 0 heterocycles. The van der Waals surface area contributed by atoms with Gasteiger partial charge < -0.3 is 24.8 Å². The number of alkyl halides is 1. The van der Waals surface area contributed by atoms with Crippen molar-refractivity contribution in [2.75, 3.05) is 19.5 Å². The van der Waals surface area contributed by atoms with Gasteiger partial charge in [-0.2, -0.15) is 0 Å². The third kappa shape index (κ3) is 3.02. The molecule has 0 amide bonds. The third-order valence-corrected chi connectivity index (χ3v) is 3.03. The van der Waals surface area contributed by atoms with Crippen molar-refractivity contribution >= 4 is 15.9 Å². The lowest BCUT2D eigenvalue weighted by atomic mass is 10.0. The largest absolute Gasteiger partial charge is 0.502 e. The summed E-state index contributed by atoms with van der Waals surface area (Å²) in [6.45, 7) is 0. The average molecular weight is 307 g/mol. The van der Waals surface area contributed by atoms with Crippen molar-refractivity contribution < 1.29 is 24.8 Å².